The van der Waals surface area contributed by atoms with Crippen molar-refractivity contribution in [1.29, 1.82) is 0 Å². The van der Waals surface area contributed by atoms with Gasteiger partial charge in [-0.2, -0.15) is 0 Å². The standard InChI is InChI=1S/C6H6I2S4/c7-3-1-9-5(11-3)6-10-2-4(8)12-6/h3-4H,1-2H2/b6-5-. The fraction of sp³-hybridized carbons (Fsp3) is 0.667. The molecule has 0 saturated carbocycles. The molecule has 0 nitrogen and oxygen atoms in total. The highest BCUT2D eigenvalue weighted by Gasteiger charge is 2.27. The van der Waals surface area contributed by atoms with Crippen LogP contribution >= 0.6 is 92.2 Å². The zero-order valence-corrected chi connectivity index (χ0v) is 13.5. The SMILES string of the molecule is IC1CS/C(=C2\SCC(I)S2)S1. The Labute approximate surface area is 117 Å². The van der Waals surface area contributed by atoms with Crippen molar-refractivity contribution < 1.29 is 0 Å². The Hall–Kier alpha value is 2.60. The second-order valence-corrected chi connectivity index (χ2v) is 12.0. The van der Waals surface area contributed by atoms with Gasteiger partial charge in [0.15, 0.2) is 0 Å². The van der Waals surface area contributed by atoms with Gasteiger partial charge in [-0.3, -0.25) is 0 Å². The van der Waals surface area contributed by atoms with Gasteiger partial charge >= 0.3 is 0 Å². The minimum Gasteiger partial charge on any atom is -0.116 e. The molecule has 0 aliphatic carbocycles. The van der Waals surface area contributed by atoms with Gasteiger partial charge in [0, 0.05) is 11.5 Å². The van der Waals surface area contributed by atoms with Gasteiger partial charge < -0.3 is 0 Å². The summed E-state index contributed by atoms with van der Waals surface area (Å²) in [5, 5.41) is 0. The highest BCUT2D eigenvalue weighted by molar-refractivity contribution is 14.1. The molecule has 0 aromatic carbocycles. The van der Waals surface area contributed by atoms with E-state index in [0.29, 0.717) is 0 Å². The number of halogens is 2. The first-order valence-electron chi connectivity index (χ1n) is 3.37. The van der Waals surface area contributed by atoms with Crippen LogP contribution in [-0.4, -0.2) is 18.0 Å². The Balaban J connectivity index is 2.06. The van der Waals surface area contributed by atoms with Crippen LogP contribution in [0, 0.1) is 0 Å². The van der Waals surface area contributed by atoms with Crippen LogP contribution in [0.1, 0.15) is 0 Å². The predicted octanol–water partition coefficient (Wildman–Crippen LogP) is 4.60. The van der Waals surface area contributed by atoms with Crippen molar-refractivity contribution in [3.63, 3.8) is 0 Å². The van der Waals surface area contributed by atoms with Gasteiger partial charge in [0.2, 0.25) is 0 Å². The van der Waals surface area contributed by atoms with Gasteiger partial charge in [0.05, 0.1) is 15.0 Å². The summed E-state index contributed by atoms with van der Waals surface area (Å²) in [6.07, 6.45) is 0. The van der Waals surface area contributed by atoms with E-state index in [2.05, 4.69) is 45.2 Å². The van der Waals surface area contributed by atoms with Crippen molar-refractivity contribution in [1.82, 2.24) is 0 Å². The van der Waals surface area contributed by atoms with E-state index in [-0.39, 0.29) is 0 Å². The Kier molecular flexibility index (Phi) is 4.70. The molecule has 2 rings (SSSR count). The molecule has 2 saturated heterocycles. The monoisotopic (exact) mass is 460 g/mol. The summed E-state index contributed by atoms with van der Waals surface area (Å²) in [6, 6.07) is 0. The molecule has 0 N–H and O–H groups in total. The largest absolute Gasteiger partial charge is 0.116 e. The zero-order valence-electron chi connectivity index (χ0n) is 5.96. The molecule has 2 aliphatic heterocycles. The summed E-state index contributed by atoms with van der Waals surface area (Å²) in [7, 11) is 0. The summed E-state index contributed by atoms with van der Waals surface area (Å²) >= 11 is 13.2. The first-order valence-corrected chi connectivity index (χ1v) is 9.59. The first-order chi connectivity index (χ1) is 5.75. The van der Waals surface area contributed by atoms with Crippen LogP contribution in [0.4, 0.5) is 0 Å². The maximum Gasteiger partial charge on any atom is 0.0711 e. The highest BCUT2D eigenvalue weighted by atomic mass is 127. The van der Waals surface area contributed by atoms with Crippen molar-refractivity contribution in [3.8, 4) is 0 Å². The molecular weight excluding hydrogens is 454 g/mol. The number of rotatable bonds is 0. The molecule has 0 aromatic heterocycles. The van der Waals surface area contributed by atoms with Crippen LogP contribution in [0.2, 0.25) is 0 Å². The predicted molar refractivity (Wildman–Crippen MR) is 82.7 cm³/mol. The Morgan fingerprint density at radius 3 is 1.58 bits per heavy atom. The lowest BCUT2D eigenvalue weighted by Crippen LogP contribution is -1.82. The van der Waals surface area contributed by atoms with Gasteiger partial charge in [-0.25, -0.2) is 0 Å². The Bertz CT molecular complexity index is 196. The Morgan fingerprint density at radius 2 is 1.33 bits per heavy atom. The van der Waals surface area contributed by atoms with Crippen molar-refractivity contribution in [2.45, 2.75) is 6.51 Å². The van der Waals surface area contributed by atoms with Gasteiger partial charge in [0.25, 0.3) is 0 Å². The molecular formula is C6H6I2S4. The van der Waals surface area contributed by atoms with Crippen LogP contribution in [0.25, 0.3) is 0 Å². The maximum absolute atomic E-state index is 2.53. The molecule has 0 radical (unpaired) electrons. The van der Waals surface area contributed by atoms with Crippen molar-refractivity contribution >= 4 is 92.2 Å². The summed E-state index contributed by atoms with van der Waals surface area (Å²) in [5.41, 5.74) is 0. The molecule has 6 heteroatoms. The summed E-state index contributed by atoms with van der Waals surface area (Å²) in [4.78, 5) is 0. The molecule has 0 spiro atoms. The zero-order chi connectivity index (χ0) is 8.55. The number of hydrogen-bond acceptors (Lipinski definition) is 4. The van der Waals surface area contributed by atoms with Crippen molar-refractivity contribution in [2.75, 3.05) is 11.5 Å². The second kappa shape index (κ2) is 5.09. The lowest BCUT2D eigenvalue weighted by Gasteiger charge is -1.99. The number of thioether (sulfide) groups is 4. The van der Waals surface area contributed by atoms with E-state index in [1.807, 2.05) is 47.0 Å². The third-order valence-corrected chi connectivity index (χ3v) is 10.8. The molecule has 2 unspecified atom stereocenters. The number of alkyl halides is 2. The summed E-state index contributed by atoms with van der Waals surface area (Å²) in [5.74, 6) is 2.58. The summed E-state index contributed by atoms with van der Waals surface area (Å²) < 4.78 is 4.77. The Morgan fingerprint density at radius 1 is 0.917 bits per heavy atom. The molecule has 0 amide bonds. The maximum atomic E-state index is 2.53. The van der Waals surface area contributed by atoms with E-state index in [0.717, 1.165) is 6.51 Å². The minimum atomic E-state index is 0.796. The molecule has 2 atom stereocenters. The third-order valence-electron chi connectivity index (χ3n) is 1.33. The summed E-state index contributed by atoms with van der Waals surface area (Å²) in [6.45, 7) is 0. The lowest BCUT2D eigenvalue weighted by atomic mass is 11.0. The third kappa shape index (κ3) is 2.80. The van der Waals surface area contributed by atoms with E-state index in [9.17, 15) is 0 Å². The van der Waals surface area contributed by atoms with Gasteiger partial charge in [-0.1, -0.05) is 45.2 Å². The van der Waals surface area contributed by atoms with Crippen LogP contribution in [0.5, 0.6) is 0 Å². The van der Waals surface area contributed by atoms with Gasteiger partial charge in [0.1, 0.15) is 0 Å². The van der Waals surface area contributed by atoms with E-state index in [1.54, 1.807) is 8.47 Å². The van der Waals surface area contributed by atoms with Gasteiger partial charge in [-0.05, 0) is 0 Å². The molecule has 2 aliphatic rings. The molecule has 0 bridgehead atoms. The van der Waals surface area contributed by atoms with Crippen LogP contribution in [0.3, 0.4) is 0 Å². The fourth-order valence-electron chi connectivity index (χ4n) is 0.865. The second-order valence-electron chi connectivity index (χ2n) is 2.25. The molecule has 12 heavy (non-hydrogen) atoms. The average Bonchev–Trinajstić information content (AvgIpc) is 2.58. The molecule has 68 valence electrons. The van der Waals surface area contributed by atoms with Gasteiger partial charge in [-0.15, -0.1) is 47.0 Å². The smallest absolute Gasteiger partial charge is 0.0711 e. The lowest BCUT2D eigenvalue weighted by molar-refractivity contribution is 1.54. The molecule has 2 heterocycles. The average molecular weight is 460 g/mol. The van der Waals surface area contributed by atoms with Crippen molar-refractivity contribution in [2.24, 2.45) is 0 Å². The fourth-order valence-corrected chi connectivity index (χ4v) is 9.85. The normalized spacial score (nSPS) is 42.5. The van der Waals surface area contributed by atoms with Crippen LogP contribution in [0.15, 0.2) is 8.47 Å². The van der Waals surface area contributed by atoms with Crippen molar-refractivity contribution in [3.05, 3.63) is 8.47 Å². The van der Waals surface area contributed by atoms with E-state index in [4.69, 9.17) is 0 Å². The highest BCUT2D eigenvalue weighted by Crippen LogP contribution is 2.55. The van der Waals surface area contributed by atoms with E-state index < -0.39 is 0 Å². The quantitative estimate of drug-likeness (QED) is 0.383. The molecule has 2 fully saturated rings. The van der Waals surface area contributed by atoms with Crippen LogP contribution in [-0.2, 0) is 0 Å². The topological polar surface area (TPSA) is 0 Å². The number of hydrogen-bond donors (Lipinski definition) is 0. The minimum absolute atomic E-state index is 0.796. The van der Waals surface area contributed by atoms with Crippen LogP contribution < -0.4 is 0 Å². The van der Waals surface area contributed by atoms with E-state index in [1.165, 1.54) is 11.5 Å². The first kappa shape index (κ1) is 11.1. The molecule has 0 aromatic rings. The van der Waals surface area contributed by atoms with E-state index >= 15 is 0 Å².